The molecule has 0 radical (unpaired) electrons. The Morgan fingerprint density at radius 2 is 0.923 bits per heavy atom. The first-order chi connectivity index (χ1) is 24.9. The fourth-order valence-corrected chi connectivity index (χ4v) is 6.90. The number of carbonyl (C=O) groups excluding carboxylic acids is 4. The van der Waals surface area contributed by atoms with E-state index in [1.807, 2.05) is 48.6 Å². The van der Waals surface area contributed by atoms with Gasteiger partial charge in [0.1, 0.15) is 12.1 Å². The predicted molar refractivity (Wildman–Crippen MR) is 201 cm³/mol. The van der Waals surface area contributed by atoms with Crippen LogP contribution in [0, 0.1) is 0 Å². The number of nitrogens with zero attached hydrogens (tertiary/aromatic N) is 2. The highest BCUT2D eigenvalue weighted by atomic mass is 16.3. The highest BCUT2D eigenvalue weighted by Crippen LogP contribution is 2.30. The topological polar surface area (TPSA) is 139 Å². The van der Waals surface area contributed by atoms with Crippen molar-refractivity contribution in [2.45, 2.75) is 62.8 Å². The Labute approximate surface area is 303 Å². The molecule has 6 rings (SSSR count). The Bertz CT molecular complexity index is 1780. The standard InChI is InChI=1S/C42H44N4O6/c1-41(51,31-11-5-3-6-12-31)39(49)45-27-9-15-35(45)37(47)43-33-23-19-29(20-24-33)17-18-30-21-25-34(26-22-30)44-38(48)36-16-10-28-46(36)40(50)42(2,52)32-13-7-4-8-14-32/h3-8,11-14,17-26,35-36,51-52H,9-10,15-16,27-28H2,1-2H3,(H,43,47)(H,44,48)/b18-17+/t35-,36-,41+,42+/m0/s1. The van der Waals surface area contributed by atoms with Crippen LogP contribution in [0.4, 0.5) is 11.4 Å². The van der Waals surface area contributed by atoms with Gasteiger partial charge in [-0.3, -0.25) is 19.2 Å². The summed E-state index contributed by atoms with van der Waals surface area (Å²) in [5, 5.41) is 28.0. The first-order valence-electron chi connectivity index (χ1n) is 17.6. The minimum absolute atomic E-state index is 0.295. The van der Waals surface area contributed by atoms with Crippen LogP contribution in [0.15, 0.2) is 109 Å². The quantitative estimate of drug-likeness (QED) is 0.161. The van der Waals surface area contributed by atoms with Crippen molar-refractivity contribution in [2.75, 3.05) is 23.7 Å². The molecule has 0 aliphatic carbocycles. The maximum Gasteiger partial charge on any atom is 0.259 e. The summed E-state index contributed by atoms with van der Waals surface area (Å²) in [6, 6.07) is 30.8. The van der Waals surface area contributed by atoms with Gasteiger partial charge >= 0.3 is 0 Å². The molecule has 0 saturated carbocycles. The van der Waals surface area contributed by atoms with Crippen LogP contribution in [-0.2, 0) is 30.4 Å². The number of carbonyl (C=O) groups is 4. The van der Waals surface area contributed by atoms with E-state index in [1.165, 1.54) is 23.6 Å². The lowest BCUT2D eigenvalue weighted by molar-refractivity contribution is -0.153. The molecule has 2 saturated heterocycles. The van der Waals surface area contributed by atoms with Gasteiger partial charge in [-0.1, -0.05) is 97.1 Å². The SMILES string of the molecule is C[C@](O)(C(=O)N1CCC[C@H]1C(=O)Nc1ccc(/C=C/c2ccc(NC(=O)[C@@H]3CCCN3C(=O)[C@](C)(O)c3ccccc3)cc2)cc1)c1ccccc1. The van der Waals surface area contributed by atoms with Crippen LogP contribution in [0.3, 0.4) is 0 Å². The Kier molecular flexibility index (Phi) is 10.7. The second-order valence-corrected chi connectivity index (χ2v) is 13.7. The number of likely N-dealkylation sites (tertiary alicyclic amines) is 2. The van der Waals surface area contributed by atoms with Gasteiger partial charge in [0.15, 0.2) is 11.2 Å². The van der Waals surface area contributed by atoms with Crippen molar-refractivity contribution in [1.29, 1.82) is 0 Å². The molecule has 0 aromatic heterocycles. The summed E-state index contributed by atoms with van der Waals surface area (Å²) >= 11 is 0. The Hall–Kier alpha value is -5.58. The molecule has 2 aliphatic rings. The van der Waals surface area contributed by atoms with Crippen LogP contribution < -0.4 is 10.6 Å². The highest BCUT2D eigenvalue weighted by molar-refractivity contribution is 6.00. The molecule has 10 nitrogen and oxygen atoms in total. The second-order valence-electron chi connectivity index (χ2n) is 13.7. The first-order valence-corrected chi connectivity index (χ1v) is 17.6. The molecule has 4 atom stereocenters. The zero-order chi connectivity index (χ0) is 36.9. The van der Waals surface area contributed by atoms with E-state index in [4.69, 9.17) is 0 Å². The van der Waals surface area contributed by atoms with Gasteiger partial charge in [0.05, 0.1) is 0 Å². The summed E-state index contributed by atoms with van der Waals surface area (Å²) < 4.78 is 0. The van der Waals surface area contributed by atoms with Crippen molar-refractivity contribution >= 4 is 47.2 Å². The van der Waals surface area contributed by atoms with Crippen LogP contribution in [0.1, 0.15) is 61.8 Å². The molecule has 4 amide bonds. The summed E-state index contributed by atoms with van der Waals surface area (Å²) in [6.45, 7) is 3.73. The third-order valence-corrected chi connectivity index (χ3v) is 9.96. The molecule has 52 heavy (non-hydrogen) atoms. The van der Waals surface area contributed by atoms with E-state index in [0.29, 0.717) is 61.3 Å². The van der Waals surface area contributed by atoms with Crippen molar-refractivity contribution < 1.29 is 29.4 Å². The Morgan fingerprint density at radius 3 is 1.27 bits per heavy atom. The van der Waals surface area contributed by atoms with E-state index >= 15 is 0 Å². The van der Waals surface area contributed by atoms with Crippen LogP contribution in [0.2, 0.25) is 0 Å². The van der Waals surface area contributed by atoms with Gasteiger partial charge in [-0.05, 0) is 86.1 Å². The van der Waals surface area contributed by atoms with Crippen LogP contribution in [0.25, 0.3) is 12.2 Å². The Morgan fingerprint density at radius 1 is 0.577 bits per heavy atom. The highest BCUT2D eigenvalue weighted by Gasteiger charge is 2.44. The van der Waals surface area contributed by atoms with Gasteiger partial charge in [0.2, 0.25) is 11.8 Å². The van der Waals surface area contributed by atoms with Gasteiger partial charge < -0.3 is 30.6 Å². The minimum atomic E-state index is -1.74. The summed E-state index contributed by atoms with van der Waals surface area (Å²) in [6.07, 6.45) is 6.24. The van der Waals surface area contributed by atoms with Gasteiger partial charge in [-0.25, -0.2) is 0 Å². The minimum Gasteiger partial charge on any atom is -0.376 e. The lowest BCUT2D eigenvalue weighted by Crippen LogP contribution is -2.50. The normalized spacial score (nSPS) is 19.5. The molecule has 268 valence electrons. The molecule has 2 aliphatic heterocycles. The third-order valence-electron chi connectivity index (χ3n) is 9.96. The predicted octanol–water partition coefficient (Wildman–Crippen LogP) is 5.53. The molecular weight excluding hydrogens is 656 g/mol. The van der Waals surface area contributed by atoms with E-state index in [9.17, 15) is 29.4 Å². The summed E-state index contributed by atoms with van der Waals surface area (Å²) in [4.78, 5) is 56.1. The Balaban J connectivity index is 1.02. The lowest BCUT2D eigenvalue weighted by Gasteiger charge is -2.31. The maximum atomic E-state index is 13.3. The molecule has 4 aromatic rings. The smallest absolute Gasteiger partial charge is 0.259 e. The fourth-order valence-electron chi connectivity index (χ4n) is 6.90. The number of benzene rings is 4. The largest absolute Gasteiger partial charge is 0.376 e. The van der Waals surface area contributed by atoms with E-state index in [-0.39, 0.29) is 11.8 Å². The summed E-state index contributed by atoms with van der Waals surface area (Å²) in [5.41, 5.74) is 0.498. The number of amides is 4. The van der Waals surface area contributed by atoms with Gasteiger partial charge in [-0.2, -0.15) is 0 Å². The van der Waals surface area contributed by atoms with E-state index in [2.05, 4.69) is 10.6 Å². The van der Waals surface area contributed by atoms with Crippen LogP contribution in [0.5, 0.6) is 0 Å². The molecule has 4 N–H and O–H groups in total. The molecule has 4 aromatic carbocycles. The van der Waals surface area contributed by atoms with E-state index < -0.39 is 35.1 Å². The molecule has 10 heteroatoms. The zero-order valence-corrected chi connectivity index (χ0v) is 29.4. The van der Waals surface area contributed by atoms with Gasteiger partial charge in [0.25, 0.3) is 11.8 Å². The second kappa shape index (κ2) is 15.3. The number of hydrogen-bond donors (Lipinski definition) is 4. The van der Waals surface area contributed by atoms with Crippen LogP contribution in [-0.4, -0.2) is 68.8 Å². The van der Waals surface area contributed by atoms with E-state index in [1.54, 1.807) is 72.8 Å². The first kappa shape index (κ1) is 36.2. The number of nitrogens with one attached hydrogen (secondary N) is 2. The van der Waals surface area contributed by atoms with Gasteiger partial charge in [-0.15, -0.1) is 0 Å². The molecule has 0 spiro atoms. The number of anilines is 2. The average molecular weight is 701 g/mol. The molecule has 0 unspecified atom stereocenters. The third kappa shape index (κ3) is 7.83. The number of hydrogen-bond acceptors (Lipinski definition) is 6. The maximum absolute atomic E-state index is 13.3. The van der Waals surface area contributed by atoms with Gasteiger partial charge in [0, 0.05) is 24.5 Å². The molecule has 0 bridgehead atoms. The summed E-state index contributed by atoms with van der Waals surface area (Å²) in [5.74, 6) is -1.57. The number of aliphatic hydroxyl groups is 2. The van der Waals surface area contributed by atoms with Crippen LogP contribution >= 0.6 is 0 Å². The van der Waals surface area contributed by atoms with Crippen molar-refractivity contribution in [3.05, 3.63) is 131 Å². The number of rotatable bonds is 10. The zero-order valence-electron chi connectivity index (χ0n) is 29.4. The average Bonchev–Trinajstić information content (AvgIpc) is 3.86. The van der Waals surface area contributed by atoms with E-state index in [0.717, 1.165) is 11.1 Å². The van der Waals surface area contributed by atoms with Crippen molar-refractivity contribution in [2.24, 2.45) is 0 Å². The molecule has 2 heterocycles. The lowest BCUT2D eigenvalue weighted by atomic mass is 9.94. The monoisotopic (exact) mass is 700 g/mol. The molecular formula is C42H44N4O6. The fraction of sp³-hybridized carbons (Fsp3) is 0.286. The molecule has 2 fully saturated rings. The van der Waals surface area contributed by atoms with Crippen molar-refractivity contribution in [1.82, 2.24) is 9.80 Å². The summed E-state index contributed by atoms with van der Waals surface area (Å²) in [7, 11) is 0. The van der Waals surface area contributed by atoms with Crippen molar-refractivity contribution in [3.8, 4) is 0 Å². The van der Waals surface area contributed by atoms with Crippen molar-refractivity contribution in [3.63, 3.8) is 0 Å².